The topological polar surface area (TPSA) is 78.7 Å². The summed E-state index contributed by atoms with van der Waals surface area (Å²) < 4.78 is 8.13. The van der Waals surface area contributed by atoms with Gasteiger partial charge >= 0.3 is 5.76 Å². The lowest BCUT2D eigenvalue weighted by molar-refractivity contribution is 0.331. The smallest absolute Gasteiger partial charge is 0.296 e. The van der Waals surface area contributed by atoms with Gasteiger partial charge in [-0.15, -0.1) is 0 Å². The number of hydrogen-bond acceptors (Lipinski definition) is 5. The molecule has 1 aliphatic heterocycles. The Kier molecular flexibility index (Phi) is 2.50. The van der Waals surface area contributed by atoms with Crippen LogP contribution >= 0.6 is 0 Å². The van der Waals surface area contributed by atoms with E-state index >= 15 is 0 Å². The fraction of sp³-hybridized carbons (Fsp3) is 0.600. The van der Waals surface area contributed by atoms with Crippen LogP contribution in [0, 0.1) is 0 Å². The average Bonchev–Trinajstić information content (AvgIpc) is 2.88. The zero-order valence-corrected chi connectivity index (χ0v) is 9.32. The highest BCUT2D eigenvalue weighted by molar-refractivity contribution is 4.91. The highest BCUT2D eigenvalue weighted by Gasteiger charge is 2.23. The van der Waals surface area contributed by atoms with E-state index in [0.717, 1.165) is 31.5 Å². The van der Waals surface area contributed by atoms with Crippen molar-refractivity contribution in [3.05, 3.63) is 29.0 Å². The summed E-state index contributed by atoms with van der Waals surface area (Å²) >= 11 is 0. The molecule has 0 aliphatic carbocycles. The van der Waals surface area contributed by atoms with E-state index in [1.54, 1.807) is 15.6 Å². The second kappa shape index (κ2) is 4.15. The molecule has 0 spiro atoms. The van der Waals surface area contributed by atoms with Gasteiger partial charge in [-0.3, -0.25) is 13.8 Å². The molecule has 7 nitrogen and oxygen atoms in total. The van der Waals surface area contributed by atoms with Crippen LogP contribution < -0.4 is 5.76 Å². The normalized spacial score (nSPS) is 19.9. The van der Waals surface area contributed by atoms with Crippen molar-refractivity contribution in [3.63, 3.8) is 0 Å². The van der Waals surface area contributed by atoms with Crippen molar-refractivity contribution in [1.29, 1.82) is 0 Å². The van der Waals surface area contributed by atoms with Gasteiger partial charge in [0.25, 0.3) is 0 Å². The van der Waals surface area contributed by atoms with Crippen LogP contribution in [0.1, 0.15) is 31.1 Å². The van der Waals surface area contributed by atoms with Crippen LogP contribution in [0.15, 0.2) is 22.0 Å². The minimum atomic E-state index is -0.369. The summed E-state index contributed by atoms with van der Waals surface area (Å²) in [6, 6.07) is 0.0629. The molecule has 0 saturated carbocycles. The molecule has 7 heteroatoms. The molecule has 2 aromatic rings. The Hall–Kier alpha value is -1.92. The van der Waals surface area contributed by atoms with Crippen molar-refractivity contribution in [2.45, 2.75) is 38.3 Å². The van der Waals surface area contributed by atoms with E-state index in [0.29, 0.717) is 6.54 Å². The molecule has 0 amide bonds. The van der Waals surface area contributed by atoms with Crippen molar-refractivity contribution in [1.82, 2.24) is 24.5 Å². The fourth-order valence-corrected chi connectivity index (χ4v) is 2.32. The highest BCUT2D eigenvalue weighted by atomic mass is 16.5. The summed E-state index contributed by atoms with van der Waals surface area (Å²) in [5.41, 5.74) is 0. The summed E-state index contributed by atoms with van der Waals surface area (Å²) in [5.74, 6) is 0.379. The predicted molar refractivity (Wildman–Crippen MR) is 57.4 cm³/mol. The zero-order valence-electron chi connectivity index (χ0n) is 9.32. The van der Waals surface area contributed by atoms with Gasteiger partial charge < -0.3 is 0 Å². The largest absolute Gasteiger partial charge is 0.441 e. The summed E-state index contributed by atoms with van der Waals surface area (Å²) in [4.78, 5) is 15.5. The number of aromatic nitrogens is 5. The van der Waals surface area contributed by atoms with E-state index in [-0.39, 0.29) is 11.8 Å². The Balaban J connectivity index is 1.93. The number of fused-ring (bicyclic) bond motifs is 1. The maximum Gasteiger partial charge on any atom is 0.441 e. The van der Waals surface area contributed by atoms with Gasteiger partial charge in [-0.2, -0.15) is 5.10 Å². The van der Waals surface area contributed by atoms with E-state index in [4.69, 9.17) is 4.52 Å². The molecule has 3 heterocycles. The van der Waals surface area contributed by atoms with Gasteiger partial charge in [0.1, 0.15) is 12.7 Å². The summed E-state index contributed by atoms with van der Waals surface area (Å²) in [6.07, 6.45) is 7.02. The van der Waals surface area contributed by atoms with Crippen LogP contribution in [0.3, 0.4) is 0 Å². The van der Waals surface area contributed by atoms with Crippen molar-refractivity contribution in [3.8, 4) is 0 Å². The van der Waals surface area contributed by atoms with Crippen molar-refractivity contribution >= 4 is 0 Å². The lowest BCUT2D eigenvalue weighted by Gasteiger charge is -2.15. The minimum Gasteiger partial charge on any atom is -0.296 e. The molecule has 0 fully saturated rings. The molecule has 0 N–H and O–H groups in total. The molecule has 0 bridgehead atoms. The number of hydrogen-bond donors (Lipinski definition) is 0. The van der Waals surface area contributed by atoms with Gasteiger partial charge in [0.2, 0.25) is 0 Å². The van der Waals surface area contributed by atoms with Crippen LogP contribution in [0.25, 0.3) is 0 Å². The van der Waals surface area contributed by atoms with Crippen LogP contribution in [0.4, 0.5) is 0 Å². The van der Waals surface area contributed by atoms with E-state index in [9.17, 15) is 4.79 Å². The summed E-state index contributed by atoms with van der Waals surface area (Å²) in [6.45, 7) is 0.633. The first-order valence-corrected chi connectivity index (χ1v) is 5.74. The van der Waals surface area contributed by atoms with Crippen molar-refractivity contribution in [2.24, 2.45) is 0 Å². The van der Waals surface area contributed by atoms with E-state index in [1.165, 1.54) is 6.33 Å². The Labute approximate surface area is 97.1 Å². The first-order valence-electron chi connectivity index (χ1n) is 5.74. The maximum absolute atomic E-state index is 11.6. The number of aryl methyl sites for hydroxylation is 1. The van der Waals surface area contributed by atoms with Crippen LogP contribution in [-0.2, 0) is 13.0 Å². The van der Waals surface area contributed by atoms with Gasteiger partial charge in [0.05, 0.1) is 12.6 Å². The Morgan fingerprint density at radius 1 is 1.47 bits per heavy atom. The third-order valence-electron chi connectivity index (χ3n) is 3.12. The molecule has 0 radical (unpaired) electrons. The first kappa shape index (κ1) is 10.2. The van der Waals surface area contributed by atoms with Gasteiger partial charge in [-0.1, -0.05) is 11.6 Å². The second-order valence-electron chi connectivity index (χ2n) is 4.25. The fourth-order valence-electron chi connectivity index (χ4n) is 2.32. The maximum atomic E-state index is 11.6. The molecule has 1 aliphatic rings. The number of rotatable bonds is 2. The first-order chi connectivity index (χ1) is 8.34. The molecule has 2 aromatic heterocycles. The molecule has 3 rings (SSSR count). The van der Waals surface area contributed by atoms with Crippen molar-refractivity contribution in [2.75, 3.05) is 0 Å². The van der Waals surface area contributed by atoms with Crippen LogP contribution in [0.2, 0.25) is 0 Å². The lowest BCUT2D eigenvalue weighted by Crippen LogP contribution is -2.25. The quantitative estimate of drug-likeness (QED) is 0.752. The van der Waals surface area contributed by atoms with E-state index < -0.39 is 0 Å². The second-order valence-corrected chi connectivity index (χ2v) is 4.25. The molecule has 0 saturated heterocycles. The molecular weight excluding hydrogens is 222 g/mol. The monoisotopic (exact) mass is 235 g/mol. The van der Waals surface area contributed by atoms with Crippen LogP contribution in [0.5, 0.6) is 0 Å². The van der Waals surface area contributed by atoms with E-state index in [2.05, 4.69) is 15.2 Å². The minimum absolute atomic E-state index is 0.0629. The SMILES string of the molecule is O=c1onc2n1C(Cn1cncn1)CCCC2. The van der Waals surface area contributed by atoms with Crippen molar-refractivity contribution < 1.29 is 4.52 Å². The average molecular weight is 235 g/mol. The highest BCUT2D eigenvalue weighted by Crippen LogP contribution is 2.22. The molecule has 1 atom stereocenters. The summed E-state index contributed by atoms with van der Waals surface area (Å²) in [7, 11) is 0. The summed E-state index contributed by atoms with van der Waals surface area (Å²) in [5, 5.41) is 7.89. The molecular formula is C10H13N5O2. The Morgan fingerprint density at radius 3 is 3.24 bits per heavy atom. The predicted octanol–water partition coefficient (Wildman–Crippen LogP) is 0.395. The zero-order chi connectivity index (χ0) is 11.7. The third-order valence-corrected chi connectivity index (χ3v) is 3.12. The van der Waals surface area contributed by atoms with Gasteiger partial charge in [0.15, 0.2) is 5.82 Å². The van der Waals surface area contributed by atoms with Gasteiger partial charge in [0, 0.05) is 6.42 Å². The molecule has 17 heavy (non-hydrogen) atoms. The number of nitrogens with zero attached hydrogens (tertiary/aromatic N) is 5. The Bertz CT molecular complexity index is 541. The standard InChI is InChI=1S/C10H13N5O2/c16-10-15-8(5-14-7-11-6-12-14)3-1-2-4-9(15)13-17-10/h6-8H,1-5H2. The molecule has 0 aromatic carbocycles. The Morgan fingerprint density at radius 2 is 2.41 bits per heavy atom. The third kappa shape index (κ3) is 1.88. The van der Waals surface area contributed by atoms with E-state index in [1.807, 2.05) is 0 Å². The molecule has 1 unspecified atom stereocenters. The lowest BCUT2D eigenvalue weighted by atomic mass is 10.1. The van der Waals surface area contributed by atoms with Gasteiger partial charge in [-0.25, -0.2) is 9.78 Å². The molecule has 90 valence electrons. The van der Waals surface area contributed by atoms with Crippen LogP contribution in [-0.4, -0.2) is 24.5 Å². The van der Waals surface area contributed by atoms with Gasteiger partial charge in [-0.05, 0) is 12.8 Å².